The number of fused-ring (bicyclic) bond motifs is 1. The van der Waals surface area contributed by atoms with Crippen molar-refractivity contribution in [3.63, 3.8) is 0 Å². The fourth-order valence-electron chi connectivity index (χ4n) is 3.30. The van der Waals surface area contributed by atoms with E-state index in [-0.39, 0.29) is 23.5 Å². The van der Waals surface area contributed by atoms with Gasteiger partial charge in [0.25, 0.3) is 5.91 Å². The van der Waals surface area contributed by atoms with E-state index in [1.807, 2.05) is 25.1 Å². The molecule has 0 saturated carbocycles. The van der Waals surface area contributed by atoms with Gasteiger partial charge in [-0.25, -0.2) is 13.2 Å². The molecule has 8 heteroatoms. The van der Waals surface area contributed by atoms with Gasteiger partial charge in [-0.2, -0.15) is 0 Å². The number of hydrogen-bond acceptors (Lipinski definition) is 5. The number of H-pyrrole nitrogens is 1. The van der Waals surface area contributed by atoms with E-state index in [0.717, 1.165) is 10.9 Å². The first-order valence-corrected chi connectivity index (χ1v) is 10.5. The van der Waals surface area contributed by atoms with Crippen LogP contribution in [0, 0.1) is 0 Å². The summed E-state index contributed by atoms with van der Waals surface area (Å²) in [6.07, 6.45) is 2.70. The van der Waals surface area contributed by atoms with Gasteiger partial charge in [0.1, 0.15) is 0 Å². The van der Waals surface area contributed by atoms with Crippen molar-refractivity contribution in [3.05, 3.63) is 36.0 Å². The van der Waals surface area contributed by atoms with E-state index >= 15 is 0 Å². The van der Waals surface area contributed by atoms with Crippen LogP contribution in [0.5, 0.6) is 0 Å². The molecule has 1 amide bonds. The normalized spacial score (nSPS) is 18.7. The molecule has 2 heterocycles. The molecule has 0 radical (unpaired) electrons. The van der Waals surface area contributed by atoms with Gasteiger partial charge in [0.05, 0.1) is 17.1 Å². The summed E-state index contributed by atoms with van der Waals surface area (Å²) < 4.78 is 28.6. The van der Waals surface area contributed by atoms with Gasteiger partial charge in [-0.1, -0.05) is 25.1 Å². The number of hydrogen-bond donors (Lipinski definition) is 1. The Hall–Kier alpha value is -2.35. The minimum Gasteiger partial charge on any atom is -0.452 e. The topological polar surface area (TPSA) is 96.5 Å². The molecule has 1 saturated heterocycles. The number of amides is 1. The number of aromatic amines is 1. The SMILES string of the molecule is CCCN(C(=O)COC(=O)c1c[nH]c2ccccc12)[C@@H]1CCS(=O)(=O)C1. The lowest BCUT2D eigenvalue weighted by Crippen LogP contribution is -2.43. The smallest absolute Gasteiger partial charge is 0.340 e. The van der Waals surface area contributed by atoms with E-state index in [4.69, 9.17) is 4.74 Å². The molecule has 1 aromatic carbocycles. The first-order chi connectivity index (χ1) is 12.4. The third-order valence-electron chi connectivity index (χ3n) is 4.57. The third-order valence-corrected chi connectivity index (χ3v) is 6.32. The molecule has 3 rings (SSSR count). The van der Waals surface area contributed by atoms with E-state index in [0.29, 0.717) is 24.9 Å². The number of rotatable bonds is 6. The van der Waals surface area contributed by atoms with Crippen molar-refractivity contribution in [2.45, 2.75) is 25.8 Å². The number of nitrogens with one attached hydrogen (secondary N) is 1. The predicted molar refractivity (Wildman–Crippen MR) is 97.6 cm³/mol. The number of nitrogens with zero attached hydrogens (tertiary/aromatic N) is 1. The molecule has 1 N–H and O–H groups in total. The molecule has 0 bridgehead atoms. The van der Waals surface area contributed by atoms with E-state index in [1.165, 1.54) is 4.90 Å². The largest absolute Gasteiger partial charge is 0.452 e. The van der Waals surface area contributed by atoms with Crippen molar-refractivity contribution in [3.8, 4) is 0 Å². The second kappa shape index (κ2) is 7.49. The maximum Gasteiger partial charge on any atom is 0.340 e. The van der Waals surface area contributed by atoms with Crippen molar-refractivity contribution in [2.24, 2.45) is 0 Å². The van der Waals surface area contributed by atoms with E-state index in [9.17, 15) is 18.0 Å². The van der Waals surface area contributed by atoms with Crippen LogP contribution in [0.15, 0.2) is 30.5 Å². The number of esters is 1. The van der Waals surface area contributed by atoms with E-state index < -0.39 is 22.4 Å². The lowest BCUT2D eigenvalue weighted by molar-refractivity contribution is -0.136. The Morgan fingerprint density at radius 1 is 1.31 bits per heavy atom. The Kier molecular flexibility index (Phi) is 5.31. The molecular formula is C18H22N2O5S. The number of ether oxygens (including phenoxy) is 1. The van der Waals surface area contributed by atoms with Crippen molar-refractivity contribution in [2.75, 3.05) is 24.7 Å². The molecule has 1 atom stereocenters. The maximum absolute atomic E-state index is 12.5. The number of aromatic nitrogens is 1. The molecule has 2 aromatic rings. The molecule has 26 heavy (non-hydrogen) atoms. The number of benzene rings is 1. The van der Waals surface area contributed by atoms with E-state index in [2.05, 4.69) is 4.98 Å². The van der Waals surface area contributed by atoms with Gasteiger partial charge in [-0.3, -0.25) is 4.79 Å². The Labute approximate surface area is 152 Å². The molecule has 1 aliphatic rings. The zero-order chi connectivity index (χ0) is 18.7. The highest BCUT2D eigenvalue weighted by Gasteiger charge is 2.34. The number of sulfone groups is 1. The highest BCUT2D eigenvalue weighted by atomic mass is 32.2. The molecule has 0 spiro atoms. The van der Waals surface area contributed by atoms with Crippen LogP contribution in [0.1, 0.15) is 30.1 Å². The number of para-hydroxylation sites is 1. The number of carbonyl (C=O) groups excluding carboxylic acids is 2. The average molecular weight is 378 g/mol. The summed E-state index contributed by atoms with van der Waals surface area (Å²) in [5, 5.41) is 0.734. The predicted octanol–water partition coefficient (Wildman–Crippen LogP) is 1.75. The molecule has 1 aliphatic heterocycles. The molecule has 0 aliphatic carbocycles. The van der Waals surface area contributed by atoms with Crippen LogP contribution in [-0.4, -0.2) is 60.9 Å². The van der Waals surface area contributed by atoms with Crippen molar-refractivity contribution < 1.29 is 22.7 Å². The Bertz CT molecular complexity index is 919. The van der Waals surface area contributed by atoms with Gasteiger partial charge in [-0.05, 0) is 18.9 Å². The zero-order valence-electron chi connectivity index (χ0n) is 14.6. The van der Waals surface area contributed by atoms with Crippen LogP contribution >= 0.6 is 0 Å². The van der Waals surface area contributed by atoms with Crippen LogP contribution in [0.3, 0.4) is 0 Å². The van der Waals surface area contributed by atoms with E-state index in [1.54, 1.807) is 12.3 Å². The fraction of sp³-hybridized carbons (Fsp3) is 0.444. The summed E-state index contributed by atoms with van der Waals surface area (Å²) in [6, 6.07) is 6.99. The Morgan fingerprint density at radius 3 is 2.77 bits per heavy atom. The van der Waals surface area contributed by atoms with Gasteiger partial charge in [0, 0.05) is 29.7 Å². The van der Waals surface area contributed by atoms with Crippen molar-refractivity contribution in [1.82, 2.24) is 9.88 Å². The molecule has 1 fully saturated rings. The number of carbonyl (C=O) groups is 2. The molecule has 140 valence electrons. The Balaban J connectivity index is 1.65. The van der Waals surface area contributed by atoms with Crippen molar-refractivity contribution in [1.29, 1.82) is 0 Å². The molecular weight excluding hydrogens is 356 g/mol. The van der Waals surface area contributed by atoms with Crippen molar-refractivity contribution >= 4 is 32.6 Å². The molecule has 0 unspecified atom stereocenters. The second-order valence-corrected chi connectivity index (χ2v) is 8.70. The maximum atomic E-state index is 12.5. The van der Waals surface area contributed by atoms with Gasteiger partial charge >= 0.3 is 5.97 Å². The summed E-state index contributed by atoms with van der Waals surface area (Å²) in [5.74, 6) is -0.858. The summed E-state index contributed by atoms with van der Waals surface area (Å²) in [4.78, 5) is 29.4. The first-order valence-electron chi connectivity index (χ1n) is 8.64. The minimum atomic E-state index is -3.09. The second-order valence-electron chi connectivity index (χ2n) is 6.47. The summed E-state index contributed by atoms with van der Waals surface area (Å²) in [7, 11) is -3.09. The highest BCUT2D eigenvalue weighted by molar-refractivity contribution is 7.91. The Morgan fingerprint density at radius 2 is 2.08 bits per heavy atom. The standard InChI is InChI=1S/C18H22N2O5S/c1-2-8-20(13-7-9-26(23,24)12-13)17(21)11-25-18(22)15-10-19-16-6-4-3-5-14(15)16/h3-6,10,13,19H,2,7-9,11-12H2,1H3/t13-/m1/s1. The van der Waals surface area contributed by atoms with Crippen LogP contribution in [-0.2, 0) is 19.4 Å². The van der Waals surface area contributed by atoms with Crippen LogP contribution < -0.4 is 0 Å². The monoisotopic (exact) mass is 378 g/mol. The lowest BCUT2D eigenvalue weighted by Gasteiger charge is -2.27. The van der Waals surface area contributed by atoms with Gasteiger partial charge in [0.15, 0.2) is 16.4 Å². The first kappa shape index (κ1) is 18.4. The molecule has 7 nitrogen and oxygen atoms in total. The van der Waals surface area contributed by atoms with Gasteiger partial charge in [0.2, 0.25) is 0 Å². The van der Waals surface area contributed by atoms with Crippen LogP contribution in [0.25, 0.3) is 10.9 Å². The summed E-state index contributed by atoms with van der Waals surface area (Å²) >= 11 is 0. The average Bonchev–Trinajstić information content (AvgIpc) is 3.20. The fourth-order valence-corrected chi connectivity index (χ4v) is 5.03. The third kappa shape index (κ3) is 3.90. The van der Waals surface area contributed by atoms with Crippen LogP contribution in [0.2, 0.25) is 0 Å². The summed E-state index contributed by atoms with van der Waals surface area (Å²) in [5.41, 5.74) is 1.19. The molecule has 1 aromatic heterocycles. The highest BCUT2D eigenvalue weighted by Crippen LogP contribution is 2.20. The zero-order valence-corrected chi connectivity index (χ0v) is 15.4. The lowest BCUT2D eigenvalue weighted by atomic mass is 10.2. The minimum absolute atomic E-state index is 0.0187. The van der Waals surface area contributed by atoms with Gasteiger partial charge < -0.3 is 14.6 Å². The van der Waals surface area contributed by atoms with Gasteiger partial charge in [-0.15, -0.1) is 0 Å². The summed E-state index contributed by atoms with van der Waals surface area (Å²) in [6.45, 7) is 1.97. The quantitative estimate of drug-likeness (QED) is 0.773. The van der Waals surface area contributed by atoms with Crippen LogP contribution in [0.4, 0.5) is 0 Å².